The predicted molar refractivity (Wildman–Crippen MR) is 77.0 cm³/mol. The standard InChI is InChI=1S/C13H15BrClF3N2/c14-10-7-9(1-2-11(10)15)12(8-13(16,17)18)20-5-3-19-4-6-20/h1-2,7,12,19H,3-6,8H2/t12-/m1/s1. The van der Waals surface area contributed by atoms with Gasteiger partial charge in [0.05, 0.1) is 11.4 Å². The van der Waals surface area contributed by atoms with Crippen LogP contribution in [0.2, 0.25) is 5.02 Å². The van der Waals surface area contributed by atoms with Crippen molar-refractivity contribution in [3.05, 3.63) is 33.3 Å². The maximum atomic E-state index is 12.8. The Morgan fingerprint density at radius 3 is 2.50 bits per heavy atom. The van der Waals surface area contributed by atoms with Crippen LogP contribution in [0.25, 0.3) is 0 Å². The van der Waals surface area contributed by atoms with Crippen LogP contribution in [-0.4, -0.2) is 37.3 Å². The Labute approximate surface area is 129 Å². The molecule has 0 saturated carbocycles. The minimum absolute atomic E-state index is 0.500. The Balaban J connectivity index is 2.26. The van der Waals surface area contributed by atoms with Crippen LogP contribution in [0.15, 0.2) is 22.7 Å². The second kappa shape index (κ2) is 6.64. The van der Waals surface area contributed by atoms with Crippen molar-refractivity contribution in [3.63, 3.8) is 0 Å². The normalized spacial score (nSPS) is 19.1. The minimum atomic E-state index is -4.19. The van der Waals surface area contributed by atoms with Gasteiger partial charge in [-0.25, -0.2) is 0 Å². The van der Waals surface area contributed by atoms with Gasteiger partial charge < -0.3 is 5.32 Å². The fourth-order valence-corrected chi connectivity index (χ4v) is 2.90. The van der Waals surface area contributed by atoms with Gasteiger partial charge in [-0.15, -0.1) is 0 Å². The van der Waals surface area contributed by atoms with Crippen molar-refractivity contribution in [2.75, 3.05) is 26.2 Å². The first-order valence-corrected chi connectivity index (χ1v) is 7.50. The Kier molecular flexibility index (Phi) is 5.34. The lowest BCUT2D eigenvalue weighted by molar-refractivity contribution is -0.148. The van der Waals surface area contributed by atoms with Crippen LogP contribution in [0.4, 0.5) is 13.2 Å². The highest BCUT2D eigenvalue weighted by molar-refractivity contribution is 9.10. The molecule has 1 aliphatic heterocycles. The molecule has 1 fully saturated rings. The van der Waals surface area contributed by atoms with E-state index in [0.717, 1.165) is 0 Å². The molecule has 0 aliphatic carbocycles. The second-order valence-electron chi connectivity index (χ2n) is 4.79. The number of nitrogens with one attached hydrogen (secondary N) is 1. The zero-order valence-electron chi connectivity index (χ0n) is 10.7. The van der Waals surface area contributed by atoms with Gasteiger partial charge in [-0.05, 0) is 33.6 Å². The molecule has 1 aliphatic rings. The number of piperazine rings is 1. The topological polar surface area (TPSA) is 15.3 Å². The molecule has 1 heterocycles. The van der Waals surface area contributed by atoms with E-state index in [2.05, 4.69) is 21.2 Å². The Hall–Kier alpha value is -0.300. The third-order valence-corrected chi connectivity index (χ3v) is 4.56. The van der Waals surface area contributed by atoms with E-state index in [1.165, 1.54) is 0 Å². The van der Waals surface area contributed by atoms with Crippen LogP contribution in [0.3, 0.4) is 0 Å². The summed E-state index contributed by atoms with van der Waals surface area (Å²) < 4.78 is 39.2. The molecule has 0 radical (unpaired) electrons. The van der Waals surface area contributed by atoms with E-state index in [4.69, 9.17) is 11.6 Å². The third-order valence-electron chi connectivity index (χ3n) is 3.35. The molecule has 0 aromatic heterocycles. The molecule has 1 aromatic carbocycles. The number of nitrogens with zero attached hydrogens (tertiary/aromatic N) is 1. The van der Waals surface area contributed by atoms with Crippen molar-refractivity contribution in [3.8, 4) is 0 Å². The average molecular weight is 372 g/mol. The van der Waals surface area contributed by atoms with Crippen LogP contribution >= 0.6 is 27.5 Å². The number of hydrogen-bond donors (Lipinski definition) is 1. The third kappa shape index (κ3) is 4.35. The summed E-state index contributed by atoms with van der Waals surface area (Å²) in [5.74, 6) is 0. The smallest absolute Gasteiger partial charge is 0.314 e. The summed E-state index contributed by atoms with van der Waals surface area (Å²) in [4.78, 5) is 1.87. The lowest BCUT2D eigenvalue weighted by atomic mass is 10.0. The van der Waals surface area contributed by atoms with Gasteiger partial charge in [0.2, 0.25) is 0 Å². The highest BCUT2D eigenvalue weighted by Gasteiger charge is 2.36. The largest absolute Gasteiger partial charge is 0.390 e. The fourth-order valence-electron chi connectivity index (χ4n) is 2.39. The SMILES string of the molecule is FC(F)(F)C[C@H](c1ccc(Cl)c(Br)c1)N1CCNCC1. The van der Waals surface area contributed by atoms with Gasteiger partial charge in [0.25, 0.3) is 0 Å². The zero-order valence-corrected chi connectivity index (χ0v) is 13.0. The van der Waals surface area contributed by atoms with E-state index >= 15 is 0 Å². The van der Waals surface area contributed by atoms with E-state index in [9.17, 15) is 13.2 Å². The lowest BCUT2D eigenvalue weighted by Gasteiger charge is -2.35. The molecule has 2 nitrogen and oxygen atoms in total. The molecular weight excluding hydrogens is 357 g/mol. The summed E-state index contributed by atoms with van der Waals surface area (Å²) in [7, 11) is 0. The molecule has 0 bridgehead atoms. The monoisotopic (exact) mass is 370 g/mol. The molecule has 1 aromatic rings. The van der Waals surface area contributed by atoms with Crippen molar-refractivity contribution in [2.45, 2.75) is 18.6 Å². The molecule has 0 amide bonds. The number of halogens is 5. The number of hydrogen-bond acceptors (Lipinski definition) is 2. The molecule has 0 spiro atoms. The van der Waals surface area contributed by atoms with Crippen molar-refractivity contribution in [1.29, 1.82) is 0 Å². The van der Waals surface area contributed by atoms with Crippen LogP contribution in [0.5, 0.6) is 0 Å². The highest BCUT2D eigenvalue weighted by Crippen LogP contribution is 2.36. The van der Waals surface area contributed by atoms with Gasteiger partial charge in [0.15, 0.2) is 0 Å². The Morgan fingerprint density at radius 1 is 1.30 bits per heavy atom. The van der Waals surface area contributed by atoms with Gasteiger partial charge in [-0.3, -0.25) is 4.90 Å². The second-order valence-corrected chi connectivity index (χ2v) is 6.06. The van der Waals surface area contributed by atoms with E-state index in [0.29, 0.717) is 41.2 Å². The van der Waals surface area contributed by atoms with E-state index in [-0.39, 0.29) is 0 Å². The maximum Gasteiger partial charge on any atom is 0.390 e. The van der Waals surface area contributed by atoms with Crippen LogP contribution in [0, 0.1) is 0 Å². The van der Waals surface area contributed by atoms with Crippen molar-refractivity contribution in [2.24, 2.45) is 0 Å². The van der Waals surface area contributed by atoms with Crippen LogP contribution in [0.1, 0.15) is 18.0 Å². The number of alkyl halides is 3. The van der Waals surface area contributed by atoms with Crippen molar-refractivity contribution in [1.82, 2.24) is 10.2 Å². The quantitative estimate of drug-likeness (QED) is 0.864. The first-order chi connectivity index (χ1) is 9.37. The molecule has 1 N–H and O–H groups in total. The minimum Gasteiger partial charge on any atom is -0.314 e. The van der Waals surface area contributed by atoms with Crippen LogP contribution in [-0.2, 0) is 0 Å². The van der Waals surface area contributed by atoms with Gasteiger partial charge in [-0.2, -0.15) is 13.2 Å². The molecule has 1 atom stereocenters. The molecule has 7 heteroatoms. The Bertz CT molecular complexity index is 461. The summed E-state index contributed by atoms with van der Waals surface area (Å²) in [6.07, 6.45) is -5.04. The van der Waals surface area contributed by atoms with Crippen LogP contribution < -0.4 is 5.32 Å². The lowest BCUT2D eigenvalue weighted by Crippen LogP contribution is -2.46. The Morgan fingerprint density at radius 2 is 1.95 bits per heavy atom. The van der Waals surface area contributed by atoms with Gasteiger partial charge in [0.1, 0.15) is 0 Å². The van der Waals surface area contributed by atoms with Gasteiger partial charge in [0, 0.05) is 36.7 Å². The van der Waals surface area contributed by atoms with E-state index < -0.39 is 18.6 Å². The average Bonchev–Trinajstić information content (AvgIpc) is 2.39. The summed E-state index contributed by atoms with van der Waals surface area (Å²) >= 11 is 9.19. The molecular formula is C13H15BrClF3N2. The summed E-state index contributed by atoms with van der Waals surface area (Å²) in [5.41, 5.74) is 0.639. The fraction of sp³-hybridized carbons (Fsp3) is 0.538. The van der Waals surface area contributed by atoms with E-state index in [1.54, 1.807) is 18.2 Å². The molecule has 20 heavy (non-hydrogen) atoms. The number of benzene rings is 1. The molecule has 0 unspecified atom stereocenters. The van der Waals surface area contributed by atoms with E-state index in [1.807, 2.05) is 4.90 Å². The van der Waals surface area contributed by atoms with Gasteiger partial charge in [-0.1, -0.05) is 17.7 Å². The van der Waals surface area contributed by atoms with Crippen molar-refractivity contribution < 1.29 is 13.2 Å². The molecule has 2 rings (SSSR count). The highest BCUT2D eigenvalue weighted by atomic mass is 79.9. The van der Waals surface area contributed by atoms with Gasteiger partial charge >= 0.3 is 6.18 Å². The summed E-state index contributed by atoms with van der Waals surface area (Å²) in [6, 6.07) is 4.32. The zero-order chi connectivity index (χ0) is 14.8. The summed E-state index contributed by atoms with van der Waals surface area (Å²) in [6.45, 7) is 2.65. The molecule has 112 valence electrons. The molecule has 1 saturated heterocycles. The first kappa shape index (κ1) is 16.1. The summed E-state index contributed by atoms with van der Waals surface area (Å²) in [5, 5.41) is 3.65. The number of rotatable bonds is 3. The maximum absolute atomic E-state index is 12.8. The van der Waals surface area contributed by atoms with Crippen molar-refractivity contribution >= 4 is 27.5 Å². The first-order valence-electron chi connectivity index (χ1n) is 6.33. The predicted octanol–water partition coefficient (Wildman–Crippen LogP) is 4.00.